The van der Waals surface area contributed by atoms with E-state index in [0.29, 0.717) is 11.3 Å². The van der Waals surface area contributed by atoms with Crippen LogP contribution in [0.3, 0.4) is 0 Å². The first-order chi connectivity index (χ1) is 9.47. The van der Waals surface area contributed by atoms with Crippen LogP contribution >= 0.6 is 15.9 Å². The van der Waals surface area contributed by atoms with Gasteiger partial charge in [0.05, 0.1) is 16.9 Å². The summed E-state index contributed by atoms with van der Waals surface area (Å²) in [6, 6.07) is 11.1. The number of carboxylic acid groups (broad SMARTS) is 1. The average Bonchev–Trinajstić information content (AvgIpc) is 2.40. The Kier molecular flexibility index (Phi) is 4.05. The fraction of sp³-hybridized carbons (Fsp3) is 0. The standard InChI is InChI=1S/C14H11BrN2O3/c15-10-3-1-2-8(6-10)13(18)17-12-5-4-9(14(19)20)7-11(12)16/h1-7H,16H2,(H,17,18)(H,19,20). The first-order valence-corrected chi connectivity index (χ1v) is 6.46. The Morgan fingerprint density at radius 3 is 2.45 bits per heavy atom. The van der Waals surface area contributed by atoms with Gasteiger partial charge in [0.25, 0.3) is 5.91 Å². The number of benzene rings is 2. The topological polar surface area (TPSA) is 92.4 Å². The molecular weight excluding hydrogens is 324 g/mol. The lowest BCUT2D eigenvalue weighted by Gasteiger charge is -2.09. The molecule has 0 heterocycles. The number of amides is 1. The Morgan fingerprint density at radius 1 is 1.10 bits per heavy atom. The second-order valence-corrected chi connectivity index (χ2v) is 4.99. The van der Waals surface area contributed by atoms with Crippen molar-refractivity contribution >= 4 is 39.2 Å². The number of carbonyl (C=O) groups excluding carboxylic acids is 1. The van der Waals surface area contributed by atoms with E-state index in [1.807, 2.05) is 6.07 Å². The monoisotopic (exact) mass is 334 g/mol. The van der Waals surface area contributed by atoms with Gasteiger partial charge in [0.1, 0.15) is 0 Å². The molecule has 0 saturated heterocycles. The lowest BCUT2D eigenvalue weighted by molar-refractivity contribution is 0.0697. The SMILES string of the molecule is Nc1cc(C(=O)O)ccc1NC(=O)c1cccc(Br)c1. The molecule has 0 aromatic heterocycles. The molecule has 20 heavy (non-hydrogen) atoms. The van der Waals surface area contributed by atoms with Gasteiger partial charge in [-0.15, -0.1) is 0 Å². The molecule has 5 nitrogen and oxygen atoms in total. The highest BCUT2D eigenvalue weighted by molar-refractivity contribution is 9.10. The Balaban J connectivity index is 2.22. The smallest absolute Gasteiger partial charge is 0.335 e. The zero-order valence-corrected chi connectivity index (χ0v) is 11.8. The molecule has 0 aliphatic rings. The molecule has 2 rings (SSSR count). The fourth-order valence-corrected chi connectivity index (χ4v) is 2.03. The van der Waals surface area contributed by atoms with Gasteiger partial charge in [-0.05, 0) is 36.4 Å². The lowest BCUT2D eigenvalue weighted by atomic mass is 10.1. The van der Waals surface area contributed by atoms with Crippen LogP contribution in [0.5, 0.6) is 0 Å². The van der Waals surface area contributed by atoms with E-state index in [2.05, 4.69) is 21.2 Å². The van der Waals surface area contributed by atoms with E-state index >= 15 is 0 Å². The number of halogens is 1. The van der Waals surface area contributed by atoms with E-state index in [-0.39, 0.29) is 17.2 Å². The number of carbonyl (C=O) groups is 2. The Morgan fingerprint density at radius 2 is 1.85 bits per heavy atom. The van der Waals surface area contributed by atoms with Crippen LogP contribution < -0.4 is 11.1 Å². The van der Waals surface area contributed by atoms with Crippen LogP contribution in [0.15, 0.2) is 46.9 Å². The van der Waals surface area contributed by atoms with Crippen molar-refractivity contribution in [2.24, 2.45) is 0 Å². The highest BCUT2D eigenvalue weighted by Gasteiger charge is 2.10. The van der Waals surface area contributed by atoms with Crippen LogP contribution in [-0.2, 0) is 0 Å². The second-order valence-electron chi connectivity index (χ2n) is 4.07. The molecule has 102 valence electrons. The van der Waals surface area contributed by atoms with Gasteiger partial charge >= 0.3 is 5.97 Å². The van der Waals surface area contributed by atoms with Gasteiger partial charge in [0.2, 0.25) is 0 Å². The van der Waals surface area contributed by atoms with E-state index in [0.717, 1.165) is 4.47 Å². The zero-order chi connectivity index (χ0) is 14.7. The zero-order valence-electron chi connectivity index (χ0n) is 10.3. The van der Waals surface area contributed by atoms with Crippen LogP contribution in [0.2, 0.25) is 0 Å². The van der Waals surface area contributed by atoms with Crippen molar-refractivity contribution < 1.29 is 14.7 Å². The number of nitrogen functional groups attached to an aromatic ring is 1. The van der Waals surface area contributed by atoms with E-state index in [4.69, 9.17) is 10.8 Å². The summed E-state index contributed by atoms with van der Waals surface area (Å²) < 4.78 is 0.791. The van der Waals surface area contributed by atoms with Gasteiger partial charge in [-0.25, -0.2) is 4.79 Å². The molecule has 2 aromatic carbocycles. The fourth-order valence-electron chi connectivity index (χ4n) is 1.63. The number of anilines is 2. The molecule has 2 aromatic rings. The molecule has 0 aliphatic heterocycles. The van der Waals surface area contributed by atoms with E-state index < -0.39 is 5.97 Å². The molecule has 1 amide bonds. The molecule has 0 atom stereocenters. The number of hydrogen-bond acceptors (Lipinski definition) is 3. The predicted octanol–water partition coefficient (Wildman–Crippen LogP) is 2.98. The Bertz CT molecular complexity index is 686. The highest BCUT2D eigenvalue weighted by Crippen LogP contribution is 2.21. The van der Waals surface area contributed by atoms with Crippen molar-refractivity contribution in [3.63, 3.8) is 0 Å². The Hall–Kier alpha value is -2.34. The third-order valence-electron chi connectivity index (χ3n) is 2.63. The van der Waals surface area contributed by atoms with E-state index in [9.17, 15) is 9.59 Å². The van der Waals surface area contributed by atoms with Crippen molar-refractivity contribution in [1.82, 2.24) is 0 Å². The Labute approximate surface area is 123 Å². The normalized spacial score (nSPS) is 10.1. The maximum atomic E-state index is 12.0. The van der Waals surface area contributed by atoms with Crippen LogP contribution in [-0.4, -0.2) is 17.0 Å². The van der Waals surface area contributed by atoms with Crippen molar-refractivity contribution in [1.29, 1.82) is 0 Å². The van der Waals surface area contributed by atoms with Gasteiger partial charge in [0.15, 0.2) is 0 Å². The molecule has 4 N–H and O–H groups in total. The molecule has 0 bridgehead atoms. The predicted molar refractivity (Wildman–Crippen MR) is 79.9 cm³/mol. The first kappa shape index (κ1) is 14.1. The van der Waals surface area contributed by atoms with Crippen molar-refractivity contribution in [2.75, 3.05) is 11.1 Å². The third-order valence-corrected chi connectivity index (χ3v) is 3.13. The molecule has 0 spiro atoms. The summed E-state index contributed by atoms with van der Waals surface area (Å²) >= 11 is 3.29. The highest BCUT2D eigenvalue weighted by atomic mass is 79.9. The van der Waals surface area contributed by atoms with Gasteiger partial charge in [-0.1, -0.05) is 22.0 Å². The molecule has 0 unspecified atom stereocenters. The second kappa shape index (κ2) is 5.75. The van der Waals surface area contributed by atoms with Crippen LogP contribution in [0.25, 0.3) is 0 Å². The molecular formula is C14H11BrN2O3. The summed E-state index contributed by atoms with van der Waals surface area (Å²) in [6.45, 7) is 0. The number of rotatable bonds is 3. The quantitative estimate of drug-likeness (QED) is 0.752. The van der Waals surface area contributed by atoms with Crippen LogP contribution in [0.4, 0.5) is 11.4 Å². The first-order valence-electron chi connectivity index (χ1n) is 5.67. The number of aromatic carboxylic acids is 1. The van der Waals surface area contributed by atoms with Crippen LogP contribution in [0.1, 0.15) is 20.7 Å². The number of carboxylic acids is 1. The van der Waals surface area contributed by atoms with Crippen molar-refractivity contribution in [3.8, 4) is 0 Å². The van der Waals surface area contributed by atoms with Gasteiger partial charge in [-0.2, -0.15) is 0 Å². The summed E-state index contributed by atoms with van der Waals surface area (Å²) in [6.07, 6.45) is 0. The van der Waals surface area contributed by atoms with E-state index in [1.54, 1.807) is 18.2 Å². The summed E-state index contributed by atoms with van der Waals surface area (Å²) in [5, 5.41) is 11.5. The molecule has 0 fully saturated rings. The summed E-state index contributed by atoms with van der Waals surface area (Å²) in [5.41, 5.74) is 6.85. The molecule has 0 aliphatic carbocycles. The minimum atomic E-state index is -1.07. The number of nitrogens with two attached hydrogens (primary N) is 1. The van der Waals surface area contributed by atoms with Gasteiger partial charge in [-0.3, -0.25) is 4.79 Å². The molecule has 0 radical (unpaired) electrons. The molecule has 6 heteroatoms. The summed E-state index contributed by atoms with van der Waals surface area (Å²) in [5.74, 6) is -1.39. The van der Waals surface area contributed by atoms with Crippen LogP contribution in [0, 0.1) is 0 Å². The molecule has 0 saturated carbocycles. The maximum Gasteiger partial charge on any atom is 0.335 e. The summed E-state index contributed by atoms with van der Waals surface area (Å²) in [4.78, 5) is 22.8. The van der Waals surface area contributed by atoms with Gasteiger partial charge in [0, 0.05) is 10.0 Å². The summed E-state index contributed by atoms with van der Waals surface area (Å²) in [7, 11) is 0. The minimum Gasteiger partial charge on any atom is -0.478 e. The number of hydrogen-bond donors (Lipinski definition) is 3. The van der Waals surface area contributed by atoms with E-state index in [1.165, 1.54) is 18.2 Å². The van der Waals surface area contributed by atoms with Gasteiger partial charge < -0.3 is 16.2 Å². The third kappa shape index (κ3) is 3.16. The number of nitrogens with one attached hydrogen (secondary N) is 1. The lowest BCUT2D eigenvalue weighted by Crippen LogP contribution is -2.13. The van der Waals surface area contributed by atoms with Crippen molar-refractivity contribution in [2.45, 2.75) is 0 Å². The van der Waals surface area contributed by atoms with Crippen molar-refractivity contribution in [3.05, 3.63) is 58.1 Å². The minimum absolute atomic E-state index is 0.0722. The largest absolute Gasteiger partial charge is 0.478 e. The maximum absolute atomic E-state index is 12.0. The average molecular weight is 335 g/mol.